The largest absolute Gasteiger partial charge is 0.495 e. The second-order valence-electron chi connectivity index (χ2n) is 8.76. The van der Waals surface area contributed by atoms with Crippen molar-refractivity contribution in [1.29, 1.82) is 0 Å². The topological polar surface area (TPSA) is 61.1 Å². The van der Waals surface area contributed by atoms with E-state index in [1.165, 1.54) is 5.56 Å². The smallest absolute Gasteiger partial charge is 0.234 e. The molecule has 5 rings (SSSR count). The lowest BCUT2D eigenvalue weighted by Crippen LogP contribution is -2.51. The Labute approximate surface area is 193 Å². The van der Waals surface area contributed by atoms with Crippen LogP contribution in [0, 0.1) is 13.8 Å². The molecular formula is C26H28N4O3. The van der Waals surface area contributed by atoms with Crippen molar-refractivity contribution in [2.45, 2.75) is 39.5 Å². The number of nitrogens with zero attached hydrogens (tertiary/aromatic N) is 4. The third-order valence-electron chi connectivity index (χ3n) is 6.15. The molecule has 0 bridgehead atoms. The molecule has 0 radical (unpaired) electrons. The van der Waals surface area contributed by atoms with Crippen molar-refractivity contribution >= 4 is 11.9 Å². The molecular weight excluding hydrogens is 416 g/mol. The van der Waals surface area contributed by atoms with E-state index in [0.717, 1.165) is 28.3 Å². The van der Waals surface area contributed by atoms with Gasteiger partial charge in [-0.2, -0.15) is 0 Å². The van der Waals surface area contributed by atoms with Gasteiger partial charge in [0.1, 0.15) is 11.9 Å². The van der Waals surface area contributed by atoms with E-state index in [9.17, 15) is 0 Å². The quantitative estimate of drug-likeness (QED) is 0.580. The minimum Gasteiger partial charge on any atom is -0.495 e. The van der Waals surface area contributed by atoms with E-state index in [0.29, 0.717) is 18.1 Å². The van der Waals surface area contributed by atoms with E-state index in [1.807, 2.05) is 42.0 Å². The van der Waals surface area contributed by atoms with Gasteiger partial charge < -0.3 is 23.8 Å². The standard InChI is InChI=1S/C26H28N4O3/c1-17-6-9-21(10-7-17)26(4)30-15-19(3)32-24(25(30)28-33-26)13-20-8-11-22(23(12-20)31-5)29-14-18(2)27-16-29/h6-14,16,19H,15H2,1-5H3/t19-,26+/m0/s1. The zero-order chi connectivity index (χ0) is 23.2. The number of rotatable bonds is 4. The second kappa shape index (κ2) is 7.99. The highest BCUT2D eigenvalue weighted by atomic mass is 16.7. The van der Waals surface area contributed by atoms with Gasteiger partial charge in [-0.25, -0.2) is 4.98 Å². The van der Waals surface area contributed by atoms with E-state index in [1.54, 1.807) is 13.4 Å². The summed E-state index contributed by atoms with van der Waals surface area (Å²) < 4.78 is 13.8. The van der Waals surface area contributed by atoms with Crippen LogP contribution in [0.25, 0.3) is 11.8 Å². The van der Waals surface area contributed by atoms with E-state index in [-0.39, 0.29) is 6.10 Å². The van der Waals surface area contributed by atoms with Crippen LogP contribution in [0.4, 0.5) is 0 Å². The van der Waals surface area contributed by atoms with Crippen molar-refractivity contribution in [2.24, 2.45) is 5.16 Å². The van der Waals surface area contributed by atoms with Crippen molar-refractivity contribution in [1.82, 2.24) is 14.5 Å². The Kier molecular flexibility index (Phi) is 5.12. The summed E-state index contributed by atoms with van der Waals surface area (Å²) in [6.07, 6.45) is 5.72. The van der Waals surface area contributed by atoms with Crippen LogP contribution in [0.2, 0.25) is 0 Å². The van der Waals surface area contributed by atoms with Gasteiger partial charge in [-0.15, -0.1) is 0 Å². The van der Waals surface area contributed by atoms with Crippen molar-refractivity contribution < 1.29 is 14.3 Å². The summed E-state index contributed by atoms with van der Waals surface area (Å²) in [5, 5.41) is 4.44. The predicted molar refractivity (Wildman–Crippen MR) is 127 cm³/mol. The average molecular weight is 445 g/mol. The summed E-state index contributed by atoms with van der Waals surface area (Å²) in [5.74, 6) is 2.12. The van der Waals surface area contributed by atoms with Gasteiger partial charge in [0.25, 0.3) is 0 Å². The van der Waals surface area contributed by atoms with Crippen LogP contribution < -0.4 is 4.74 Å². The summed E-state index contributed by atoms with van der Waals surface area (Å²) in [6, 6.07) is 14.4. The number of imidazole rings is 1. The fourth-order valence-corrected chi connectivity index (χ4v) is 4.31. The first-order chi connectivity index (χ1) is 15.9. The number of aromatic nitrogens is 2. The van der Waals surface area contributed by atoms with E-state index in [2.05, 4.69) is 60.1 Å². The Balaban J connectivity index is 1.48. The minimum atomic E-state index is -0.680. The molecule has 33 heavy (non-hydrogen) atoms. The number of hydrogen-bond donors (Lipinski definition) is 0. The van der Waals surface area contributed by atoms with Crippen molar-refractivity contribution in [2.75, 3.05) is 13.7 Å². The second-order valence-corrected chi connectivity index (χ2v) is 8.76. The van der Waals surface area contributed by atoms with Gasteiger partial charge in [-0.3, -0.25) is 0 Å². The van der Waals surface area contributed by atoms with Gasteiger partial charge in [-0.1, -0.05) is 41.1 Å². The molecule has 2 aliphatic rings. The molecule has 1 fully saturated rings. The molecule has 0 unspecified atom stereocenters. The molecule has 2 aromatic carbocycles. The molecule has 7 heteroatoms. The summed E-state index contributed by atoms with van der Waals surface area (Å²) in [7, 11) is 1.67. The van der Waals surface area contributed by atoms with Crippen molar-refractivity contribution in [3.63, 3.8) is 0 Å². The summed E-state index contributed by atoms with van der Waals surface area (Å²) >= 11 is 0. The summed E-state index contributed by atoms with van der Waals surface area (Å²) in [5.41, 5.74) is 4.41. The van der Waals surface area contributed by atoms with Crippen LogP contribution in [-0.4, -0.2) is 40.0 Å². The number of benzene rings is 2. The van der Waals surface area contributed by atoms with Crippen LogP contribution in [-0.2, 0) is 15.3 Å². The SMILES string of the molecule is COc1cc(C=C2O[C@@H](C)CN3C2=NO[C@]3(C)c2ccc(C)cc2)ccc1-n1cnc(C)c1. The maximum Gasteiger partial charge on any atom is 0.234 e. The Morgan fingerprint density at radius 3 is 2.64 bits per heavy atom. The number of morpholine rings is 1. The van der Waals surface area contributed by atoms with Crippen molar-refractivity contribution in [3.8, 4) is 11.4 Å². The summed E-state index contributed by atoms with van der Waals surface area (Å²) in [6.45, 7) is 8.83. The van der Waals surface area contributed by atoms with Gasteiger partial charge in [0, 0.05) is 18.7 Å². The Bertz CT molecular complexity index is 1240. The number of hydrogen-bond acceptors (Lipinski definition) is 6. The van der Waals surface area contributed by atoms with Crippen LogP contribution in [0.3, 0.4) is 0 Å². The van der Waals surface area contributed by atoms with Gasteiger partial charge in [0.15, 0.2) is 5.76 Å². The van der Waals surface area contributed by atoms with Crippen molar-refractivity contribution in [3.05, 3.63) is 83.1 Å². The molecule has 2 atom stereocenters. The lowest BCUT2D eigenvalue weighted by molar-refractivity contribution is -0.104. The first kappa shape index (κ1) is 21.1. The maximum absolute atomic E-state index is 6.20. The molecule has 3 heterocycles. The number of methoxy groups -OCH3 is 1. The minimum absolute atomic E-state index is 0.0169. The van der Waals surface area contributed by atoms with E-state index >= 15 is 0 Å². The molecule has 0 N–H and O–H groups in total. The highest BCUT2D eigenvalue weighted by molar-refractivity contribution is 6.01. The fraction of sp³-hybridized carbons (Fsp3) is 0.308. The Morgan fingerprint density at radius 2 is 1.94 bits per heavy atom. The van der Waals surface area contributed by atoms with Gasteiger partial charge >= 0.3 is 0 Å². The van der Waals surface area contributed by atoms with Crippen LogP contribution >= 0.6 is 0 Å². The van der Waals surface area contributed by atoms with Crippen LogP contribution in [0.1, 0.15) is 36.2 Å². The number of aryl methyl sites for hydroxylation is 2. The first-order valence-electron chi connectivity index (χ1n) is 11.1. The molecule has 0 saturated carbocycles. The number of oxime groups is 1. The van der Waals surface area contributed by atoms with E-state index in [4.69, 9.17) is 14.3 Å². The molecule has 0 spiro atoms. The molecule has 0 aliphatic carbocycles. The molecule has 3 aromatic rings. The predicted octanol–water partition coefficient (Wildman–Crippen LogP) is 4.78. The van der Waals surface area contributed by atoms with Gasteiger partial charge in [0.05, 0.1) is 31.4 Å². The molecule has 0 amide bonds. The number of fused-ring (bicyclic) bond motifs is 1. The van der Waals surface area contributed by atoms with Gasteiger partial charge in [-0.05, 0) is 44.5 Å². The highest BCUT2D eigenvalue weighted by Gasteiger charge is 2.48. The normalized spacial score (nSPS) is 23.1. The zero-order valence-corrected chi connectivity index (χ0v) is 19.6. The lowest BCUT2D eigenvalue weighted by Gasteiger charge is -2.39. The zero-order valence-electron chi connectivity index (χ0n) is 19.6. The lowest BCUT2D eigenvalue weighted by atomic mass is 10.00. The van der Waals surface area contributed by atoms with E-state index < -0.39 is 5.72 Å². The number of amidine groups is 1. The fourth-order valence-electron chi connectivity index (χ4n) is 4.31. The van der Waals surface area contributed by atoms with Gasteiger partial charge in [0.2, 0.25) is 11.6 Å². The molecule has 2 aliphatic heterocycles. The maximum atomic E-state index is 6.20. The average Bonchev–Trinajstić information content (AvgIpc) is 3.38. The highest BCUT2D eigenvalue weighted by Crippen LogP contribution is 2.40. The molecule has 170 valence electrons. The third kappa shape index (κ3) is 3.73. The first-order valence-corrected chi connectivity index (χ1v) is 11.1. The Morgan fingerprint density at radius 1 is 1.15 bits per heavy atom. The molecule has 1 saturated heterocycles. The summed E-state index contributed by atoms with van der Waals surface area (Å²) in [4.78, 5) is 12.5. The Hall–Kier alpha value is -3.74. The molecule has 7 nitrogen and oxygen atoms in total. The van der Waals surface area contributed by atoms with Crippen LogP contribution in [0.15, 0.2) is 65.9 Å². The van der Waals surface area contributed by atoms with Crippen LogP contribution in [0.5, 0.6) is 5.75 Å². The third-order valence-corrected chi connectivity index (χ3v) is 6.15. The molecule has 1 aromatic heterocycles. The monoisotopic (exact) mass is 444 g/mol. The number of ether oxygens (including phenoxy) is 2.